The van der Waals surface area contributed by atoms with E-state index < -0.39 is 0 Å². The van der Waals surface area contributed by atoms with Crippen LogP contribution >= 0.6 is 0 Å². The average Bonchev–Trinajstić information content (AvgIpc) is 2.50. The highest BCUT2D eigenvalue weighted by atomic mass is 16.5. The minimum atomic E-state index is -0.218. The first-order valence-electron chi connectivity index (χ1n) is 6.73. The van der Waals surface area contributed by atoms with E-state index in [1.165, 1.54) is 0 Å². The molecule has 0 saturated heterocycles. The molecular formula is C17H16N2O2. The summed E-state index contributed by atoms with van der Waals surface area (Å²) in [5.41, 5.74) is 1.94. The third kappa shape index (κ3) is 3.83. The summed E-state index contributed by atoms with van der Waals surface area (Å²) in [5, 5.41) is 11.6. The Hall–Kier alpha value is -2.80. The summed E-state index contributed by atoms with van der Waals surface area (Å²) < 4.78 is 5.35. The number of carbonyl (C=O) groups is 1. The number of anilines is 1. The fourth-order valence-electron chi connectivity index (χ4n) is 1.98. The van der Waals surface area contributed by atoms with Gasteiger partial charge in [-0.2, -0.15) is 5.26 Å². The molecule has 0 bridgehead atoms. The first-order valence-corrected chi connectivity index (χ1v) is 6.73. The van der Waals surface area contributed by atoms with Crippen molar-refractivity contribution in [2.45, 2.75) is 13.3 Å². The van der Waals surface area contributed by atoms with Gasteiger partial charge in [-0.25, -0.2) is 0 Å². The molecule has 2 aromatic rings. The van der Waals surface area contributed by atoms with Crippen LogP contribution in [-0.4, -0.2) is 12.5 Å². The fourth-order valence-corrected chi connectivity index (χ4v) is 1.98. The highest BCUT2D eigenvalue weighted by Gasteiger charge is 2.10. The van der Waals surface area contributed by atoms with Gasteiger partial charge in [0.15, 0.2) is 0 Å². The number of ether oxygens (including phenoxy) is 1. The van der Waals surface area contributed by atoms with Gasteiger partial charge in [0.2, 0.25) is 0 Å². The molecule has 2 rings (SSSR count). The molecule has 0 aromatic heterocycles. The van der Waals surface area contributed by atoms with Crippen molar-refractivity contribution in [3.05, 3.63) is 59.7 Å². The lowest BCUT2D eigenvalue weighted by Gasteiger charge is -2.09. The van der Waals surface area contributed by atoms with Crippen LogP contribution in [0.15, 0.2) is 48.5 Å². The van der Waals surface area contributed by atoms with E-state index in [4.69, 9.17) is 10.00 Å². The van der Waals surface area contributed by atoms with Crippen molar-refractivity contribution in [3.63, 3.8) is 0 Å². The van der Waals surface area contributed by atoms with Crippen LogP contribution in [-0.2, 0) is 6.42 Å². The minimum Gasteiger partial charge on any atom is -0.494 e. The Labute approximate surface area is 124 Å². The molecule has 2 aromatic carbocycles. The van der Waals surface area contributed by atoms with Gasteiger partial charge in [0.25, 0.3) is 5.91 Å². The number of nitrogens with zero attached hydrogens (tertiary/aromatic N) is 1. The number of rotatable bonds is 5. The molecule has 106 valence electrons. The Morgan fingerprint density at radius 1 is 1.19 bits per heavy atom. The maximum absolute atomic E-state index is 12.3. The summed E-state index contributed by atoms with van der Waals surface area (Å²) >= 11 is 0. The van der Waals surface area contributed by atoms with Gasteiger partial charge >= 0.3 is 0 Å². The predicted octanol–water partition coefficient (Wildman–Crippen LogP) is 3.40. The molecule has 0 radical (unpaired) electrons. The zero-order valence-corrected chi connectivity index (χ0v) is 11.8. The normalized spacial score (nSPS) is 9.71. The number of amides is 1. The highest BCUT2D eigenvalue weighted by molar-refractivity contribution is 6.05. The molecule has 21 heavy (non-hydrogen) atoms. The van der Waals surface area contributed by atoms with Gasteiger partial charge in [0.1, 0.15) is 5.75 Å². The monoisotopic (exact) mass is 280 g/mol. The largest absolute Gasteiger partial charge is 0.494 e. The van der Waals surface area contributed by atoms with Gasteiger partial charge in [-0.15, -0.1) is 0 Å². The number of benzene rings is 2. The zero-order valence-electron chi connectivity index (χ0n) is 11.8. The van der Waals surface area contributed by atoms with Gasteiger partial charge in [-0.3, -0.25) is 4.79 Å². The van der Waals surface area contributed by atoms with E-state index in [-0.39, 0.29) is 12.3 Å². The SMILES string of the molecule is CCOc1ccc(NC(=O)c2ccccc2CC#N)cc1. The summed E-state index contributed by atoms with van der Waals surface area (Å²) in [6, 6.07) is 16.4. The van der Waals surface area contributed by atoms with Gasteiger partial charge in [-0.05, 0) is 42.8 Å². The molecule has 4 heteroatoms. The van der Waals surface area contributed by atoms with Crippen LogP contribution in [0.5, 0.6) is 5.75 Å². The van der Waals surface area contributed by atoms with Crippen molar-refractivity contribution in [1.29, 1.82) is 5.26 Å². The van der Waals surface area contributed by atoms with E-state index in [9.17, 15) is 4.79 Å². The van der Waals surface area contributed by atoms with Gasteiger partial charge in [0.05, 0.1) is 19.1 Å². The van der Waals surface area contributed by atoms with Crippen LogP contribution in [0.25, 0.3) is 0 Å². The molecule has 0 aliphatic carbocycles. The zero-order chi connectivity index (χ0) is 15.1. The predicted molar refractivity (Wildman–Crippen MR) is 81.3 cm³/mol. The molecule has 0 aliphatic rings. The third-order valence-corrected chi connectivity index (χ3v) is 2.95. The van der Waals surface area contributed by atoms with Crippen LogP contribution in [0.1, 0.15) is 22.8 Å². The van der Waals surface area contributed by atoms with Crippen molar-refractivity contribution < 1.29 is 9.53 Å². The molecule has 4 nitrogen and oxygen atoms in total. The van der Waals surface area contributed by atoms with Gasteiger partial charge in [0, 0.05) is 11.3 Å². The first-order chi connectivity index (χ1) is 10.2. The lowest BCUT2D eigenvalue weighted by atomic mass is 10.0. The molecular weight excluding hydrogens is 264 g/mol. The number of carbonyl (C=O) groups excluding carboxylic acids is 1. The summed E-state index contributed by atoms with van der Waals surface area (Å²) in [5.74, 6) is 0.547. The Morgan fingerprint density at radius 3 is 2.57 bits per heavy atom. The minimum absolute atomic E-state index is 0.215. The number of hydrogen-bond donors (Lipinski definition) is 1. The maximum atomic E-state index is 12.3. The second-order valence-corrected chi connectivity index (χ2v) is 4.40. The Balaban J connectivity index is 2.13. The molecule has 0 fully saturated rings. The van der Waals surface area contributed by atoms with Crippen molar-refractivity contribution >= 4 is 11.6 Å². The lowest BCUT2D eigenvalue weighted by Crippen LogP contribution is -2.14. The Bertz CT molecular complexity index is 657. The molecule has 1 amide bonds. The van der Waals surface area contributed by atoms with Gasteiger partial charge < -0.3 is 10.1 Å². The van der Waals surface area contributed by atoms with E-state index in [0.717, 1.165) is 11.3 Å². The smallest absolute Gasteiger partial charge is 0.255 e. The van der Waals surface area contributed by atoms with E-state index in [1.54, 1.807) is 42.5 Å². The molecule has 0 aliphatic heterocycles. The quantitative estimate of drug-likeness (QED) is 0.913. The maximum Gasteiger partial charge on any atom is 0.255 e. The van der Waals surface area contributed by atoms with E-state index in [0.29, 0.717) is 17.9 Å². The Morgan fingerprint density at radius 2 is 1.90 bits per heavy atom. The molecule has 0 spiro atoms. The molecule has 0 heterocycles. The molecule has 1 N–H and O–H groups in total. The van der Waals surface area contributed by atoms with Crippen molar-refractivity contribution in [1.82, 2.24) is 0 Å². The van der Waals surface area contributed by atoms with Crippen LogP contribution in [0, 0.1) is 11.3 Å². The summed E-state index contributed by atoms with van der Waals surface area (Å²) in [7, 11) is 0. The third-order valence-electron chi connectivity index (χ3n) is 2.95. The highest BCUT2D eigenvalue weighted by Crippen LogP contribution is 2.17. The lowest BCUT2D eigenvalue weighted by molar-refractivity contribution is 0.102. The van der Waals surface area contributed by atoms with Crippen molar-refractivity contribution in [2.75, 3.05) is 11.9 Å². The molecule has 0 saturated carbocycles. The topological polar surface area (TPSA) is 62.1 Å². The van der Waals surface area contributed by atoms with Crippen LogP contribution in [0.2, 0.25) is 0 Å². The van der Waals surface area contributed by atoms with Gasteiger partial charge in [-0.1, -0.05) is 18.2 Å². The van der Waals surface area contributed by atoms with E-state index in [1.807, 2.05) is 13.0 Å². The van der Waals surface area contributed by atoms with E-state index >= 15 is 0 Å². The van der Waals surface area contributed by atoms with Crippen molar-refractivity contribution in [3.8, 4) is 11.8 Å². The Kier molecular flexibility index (Phi) is 4.94. The molecule has 0 atom stereocenters. The number of nitrogens with one attached hydrogen (secondary N) is 1. The van der Waals surface area contributed by atoms with E-state index in [2.05, 4.69) is 11.4 Å². The molecule has 0 unspecified atom stereocenters. The second-order valence-electron chi connectivity index (χ2n) is 4.40. The summed E-state index contributed by atoms with van der Waals surface area (Å²) in [6.45, 7) is 2.52. The first kappa shape index (κ1) is 14.6. The van der Waals surface area contributed by atoms with Crippen LogP contribution in [0.4, 0.5) is 5.69 Å². The standard InChI is InChI=1S/C17H16N2O2/c1-2-21-15-9-7-14(8-10-15)19-17(20)16-6-4-3-5-13(16)11-12-18/h3-10H,2,11H2,1H3,(H,19,20). The fraction of sp³-hybridized carbons (Fsp3) is 0.176. The summed E-state index contributed by atoms with van der Waals surface area (Å²) in [4.78, 5) is 12.3. The van der Waals surface area contributed by atoms with Crippen molar-refractivity contribution in [2.24, 2.45) is 0 Å². The number of hydrogen-bond acceptors (Lipinski definition) is 3. The van der Waals surface area contributed by atoms with Crippen LogP contribution < -0.4 is 10.1 Å². The van der Waals surface area contributed by atoms with Crippen LogP contribution in [0.3, 0.4) is 0 Å². The average molecular weight is 280 g/mol. The second kappa shape index (κ2) is 7.11. The summed E-state index contributed by atoms with van der Waals surface area (Å²) in [6.07, 6.45) is 0.215. The number of nitriles is 1.